The fourth-order valence-corrected chi connectivity index (χ4v) is 3.87. The third-order valence-corrected chi connectivity index (χ3v) is 5.50. The van der Waals surface area contributed by atoms with Crippen molar-refractivity contribution in [3.05, 3.63) is 48.0 Å². The number of benzene rings is 1. The Bertz CT molecular complexity index is 578. The second kappa shape index (κ2) is 14.4. The van der Waals surface area contributed by atoms with Crippen LogP contribution in [0.25, 0.3) is 0 Å². The van der Waals surface area contributed by atoms with Gasteiger partial charge in [-0.25, -0.2) is 4.79 Å². The number of unbranched alkanes of at least 4 members (excludes halogenated alkanes) is 5. The molecule has 0 radical (unpaired) electrons. The quantitative estimate of drug-likeness (QED) is 0.138. The molecule has 0 amide bonds. The van der Waals surface area contributed by atoms with Crippen LogP contribution < -0.4 is 0 Å². The minimum absolute atomic E-state index is 0.176. The minimum Gasteiger partial charge on any atom is -0.462 e. The van der Waals surface area contributed by atoms with Crippen molar-refractivity contribution in [2.75, 3.05) is 20.8 Å². The smallest absolute Gasteiger partial charge is 0.333 e. The summed E-state index contributed by atoms with van der Waals surface area (Å²) in [6.45, 7) is 7.92. The Morgan fingerprint density at radius 2 is 1.55 bits per heavy atom. The van der Waals surface area contributed by atoms with E-state index < -0.39 is 5.79 Å². The predicted molar refractivity (Wildman–Crippen MR) is 119 cm³/mol. The van der Waals surface area contributed by atoms with E-state index in [9.17, 15) is 4.79 Å². The van der Waals surface area contributed by atoms with Gasteiger partial charge in [0.1, 0.15) is 0 Å². The van der Waals surface area contributed by atoms with E-state index in [4.69, 9.17) is 14.2 Å². The molecule has 0 aliphatic heterocycles. The van der Waals surface area contributed by atoms with E-state index in [0.717, 1.165) is 31.2 Å². The van der Waals surface area contributed by atoms with Crippen LogP contribution in [0.4, 0.5) is 0 Å². The van der Waals surface area contributed by atoms with E-state index in [0.29, 0.717) is 12.2 Å². The van der Waals surface area contributed by atoms with Crippen LogP contribution in [-0.2, 0) is 24.8 Å². The first-order chi connectivity index (χ1) is 14.0. The van der Waals surface area contributed by atoms with Crippen LogP contribution in [0.1, 0.15) is 77.2 Å². The van der Waals surface area contributed by atoms with E-state index in [-0.39, 0.29) is 11.9 Å². The molecule has 0 heterocycles. The van der Waals surface area contributed by atoms with Crippen LogP contribution in [0.15, 0.2) is 42.5 Å². The van der Waals surface area contributed by atoms with Gasteiger partial charge in [-0.05, 0) is 26.2 Å². The van der Waals surface area contributed by atoms with Gasteiger partial charge in [0.15, 0.2) is 5.79 Å². The molecule has 0 saturated carbocycles. The Labute approximate surface area is 177 Å². The standard InChI is InChI=1S/C25H40O4/c1-6-7-8-9-10-12-16-23(19-15-20-29-24(26)21(2)3)25(27-4,28-5)22-17-13-11-14-18-22/h11,13-14,17-18,23H,2,6-10,12,15-16,19-20H2,1,3-5H3. The number of carbonyl (C=O) groups excluding carboxylic acids is 1. The first-order valence-corrected chi connectivity index (χ1v) is 11.0. The molecule has 0 spiro atoms. The van der Waals surface area contributed by atoms with Gasteiger partial charge in [-0.2, -0.15) is 0 Å². The average molecular weight is 405 g/mol. The summed E-state index contributed by atoms with van der Waals surface area (Å²) in [6, 6.07) is 10.1. The molecule has 0 aliphatic rings. The molecule has 4 nitrogen and oxygen atoms in total. The Hall–Kier alpha value is -1.65. The molecule has 1 aromatic rings. The summed E-state index contributed by atoms with van der Waals surface area (Å²) in [6.07, 6.45) is 10.1. The molecule has 1 aromatic carbocycles. The van der Waals surface area contributed by atoms with Crippen LogP contribution in [-0.4, -0.2) is 26.8 Å². The number of rotatable bonds is 16. The van der Waals surface area contributed by atoms with Crippen molar-refractivity contribution < 1.29 is 19.0 Å². The summed E-state index contributed by atoms with van der Waals surface area (Å²) in [5.74, 6) is -0.942. The average Bonchev–Trinajstić information content (AvgIpc) is 2.74. The lowest BCUT2D eigenvalue weighted by Gasteiger charge is -2.39. The second-order valence-corrected chi connectivity index (χ2v) is 7.75. The zero-order valence-corrected chi connectivity index (χ0v) is 18.9. The number of carbonyl (C=O) groups is 1. The zero-order valence-electron chi connectivity index (χ0n) is 18.9. The van der Waals surface area contributed by atoms with Gasteiger partial charge in [-0.3, -0.25) is 0 Å². The summed E-state index contributed by atoms with van der Waals surface area (Å²) in [4.78, 5) is 11.6. The monoisotopic (exact) mass is 404 g/mol. The van der Waals surface area contributed by atoms with Gasteiger partial charge < -0.3 is 14.2 Å². The lowest BCUT2D eigenvalue weighted by molar-refractivity contribution is -0.253. The van der Waals surface area contributed by atoms with Crippen molar-refractivity contribution in [3.8, 4) is 0 Å². The molecule has 0 aromatic heterocycles. The molecule has 29 heavy (non-hydrogen) atoms. The molecule has 0 fully saturated rings. The van der Waals surface area contributed by atoms with Crippen molar-refractivity contribution in [1.29, 1.82) is 0 Å². The van der Waals surface area contributed by atoms with Crippen LogP contribution in [0.2, 0.25) is 0 Å². The molecular formula is C25H40O4. The van der Waals surface area contributed by atoms with Gasteiger partial charge in [-0.15, -0.1) is 0 Å². The molecule has 164 valence electrons. The highest BCUT2D eigenvalue weighted by molar-refractivity contribution is 5.86. The third kappa shape index (κ3) is 8.31. The van der Waals surface area contributed by atoms with E-state index in [1.54, 1.807) is 21.1 Å². The number of esters is 1. The minimum atomic E-state index is -0.789. The Morgan fingerprint density at radius 1 is 0.966 bits per heavy atom. The van der Waals surface area contributed by atoms with Gasteiger partial charge in [0, 0.05) is 31.3 Å². The van der Waals surface area contributed by atoms with Gasteiger partial charge in [0.2, 0.25) is 0 Å². The zero-order chi connectivity index (χ0) is 21.5. The SMILES string of the molecule is C=C(C)C(=O)OCCCC(CCCCCCCC)C(OC)(OC)c1ccccc1. The fourth-order valence-electron chi connectivity index (χ4n) is 3.87. The third-order valence-electron chi connectivity index (χ3n) is 5.50. The summed E-state index contributed by atoms with van der Waals surface area (Å²) in [5, 5.41) is 0. The van der Waals surface area contributed by atoms with E-state index in [2.05, 4.69) is 25.6 Å². The van der Waals surface area contributed by atoms with Crippen LogP contribution in [0.3, 0.4) is 0 Å². The summed E-state index contributed by atoms with van der Waals surface area (Å²) in [7, 11) is 3.43. The molecule has 1 rings (SSSR count). The van der Waals surface area contributed by atoms with Crippen molar-refractivity contribution in [1.82, 2.24) is 0 Å². The number of methoxy groups -OCH3 is 2. The van der Waals surface area contributed by atoms with Crippen molar-refractivity contribution in [2.45, 2.75) is 77.4 Å². The van der Waals surface area contributed by atoms with Gasteiger partial charge >= 0.3 is 5.97 Å². The van der Waals surface area contributed by atoms with Gasteiger partial charge in [0.25, 0.3) is 0 Å². The van der Waals surface area contributed by atoms with Crippen LogP contribution >= 0.6 is 0 Å². The molecule has 0 aliphatic carbocycles. The number of ether oxygens (including phenoxy) is 3. The fraction of sp³-hybridized carbons (Fsp3) is 0.640. The topological polar surface area (TPSA) is 44.8 Å². The first-order valence-electron chi connectivity index (χ1n) is 11.0. The van der Waals surface area contributed by atoms with E-state index in [1.807, 2.05) is 18.2 Å². The molecule has 0 saturated heterocycles. The maximum atomic E-state index is 11.6. The Balaban J connectivity index is 2.80. The lowest BCUT2D eigenvalue weighted by Crippen LogP contribution is -2.39. The van der Waals surface area contributed by atoms with E-state index >= 15 is 0 Å². The molecule has 1 atom stereocenters. The highest BCUT2D eigenvalue weighted by Gasteiger charge is 2.40. The molecular weight excluding hydrogens is 364 g/mol. The van der Waals surface area contributed by atoms with Gasteiger partial charge in [0.05, 0.1) is 6.61 Å². The molecule has 4 heteroatoms. The predicted octanol–water partition coefficient (Wildman–Crippen LogP) is 6.40. The normalized spacial score (nSPS) is 12.6. The Kier molecular flexibility index (Phi) is 12.6. The summed E-state index contributed by atoms with van der Waals surface area (Å²) >= 11 is 0. The number of hydrogen-bond acceptors (Lipinski definition) is 4. The van der Waals surface area contributed by atoms with Crippen molar-refractivity contribution in [2.24, 2.45) is 5.92 Å². The second-order valence-electron chi connectivity index (χ2n) is 7.75. The van der Waals surface area contributed by atoms with Gasteiger partial charge in [-0.1, -0.05) is 82.4 Å². The molecule has 0 bridgehead atoms. The molecule has 1 unspecified atom stereocenters. The summed E-state index contributed by atoms with van der Waals surface area (Å²) in [5.41, 5.74) is 1.46. The number of hydrogen-bond donors (Lipinski definition) is 0. The summed E-state index contributed by atoms with van der Waals surface area (Å²) < 4.78 is 17.3. The van der Waals surface area contributed by atoms with Crippen LogP contribution in [0, 0.1) is 5.92 Å². The van der Waals surface area contributed by atoms with E-state index in [1.165, 1.54) is 32.1 Å². The highest BCUT2D eigenvalue weighted by atomic mass is 16.7. The van der Waals surface area contributed by atoms with Crippen molar-refractivity contribution >= 4 is 5.97 Å². The lowest BCUT2D eigenvalue weighted by atomic mass is 9.83. The van der Waals surface area contributed by atoms with Crippen molar-refractivity contribution in [3.63, 3.8) is 0 Å². The molecule has 0 N–H and O–H groups in total. The first kappa shape index (κ1) is 25.4. The maximum Gasteiger partial charge on any atom is 0.333 e. The Morgan fingerprint density at radius 3 is 2.14 bits per heavy atom. The van der Waals surface area contributed by atoms with Crippen LogP contribution in [0.5, 0.6) is 0 Å². The highest BCUT2D eigenvalue weighted by Crippen LogP contribution is 2.40. The maximum absolute atomic E-state index is 11.6. The largest absolute Gasteiger partial charge is 0.462 e.